The number of hydrogen-bond acceptors (Lipinski definition) is 5. The van der Waals surface area contributed by atoms with E-state index in [1.54, 1.807) is 0 Å². The number of nitro groups is 1. The normalized spacial score (nSPS) is 16.0. The Bertz CT molecular complexity index is 508. The van der Waals surface area contributed by atoms with Crippen LogP contribution in [0.5, 0.6) is 0 Å². The predicted octanol–water partition coefficient (Wildman–Crippen LogP) is 1.25. The lowest BCUT2D eigenvalue weighted by molar-refractivity contribution is -0.380. The van der Waals surface area contributed by atoms with Gasteiger partial charge in [0.15, 0.2) is 0 Å². The van der Waals surface area contributed by atoms with Crippen LogP contribution >= 0.6 is 11.3 Å². The van der Waals surface area contributed by atoms with E-state index in [0.717, 1.165) is 24.2 Å². The zero-order valence-electron chi connectivity index (χ0n) is 9.16. The summed E-state index contributed by atoms with van der Waals surface area (Å²) in [6.07, 6.45) is 1.56. The highest BCUT2D eigenvalue weighted by atomic mass is 32.1. The molecule has 1 aromatic heterocycles. The van der Waals surface area contributed by atoms with Crippen LogP contribution in [0.15, 0.2) is 12.1 Å². The van der Waals surface area contributed by atoms with E-state index in [4.69, 9.17) is 5.11 Å². The van der Waals surface area contributed by atoms with E-state index in [2.05, 4.69) is 5.32 Å². The first-order chi connectivity index (χ1) is 8.49. The van der Waals surface area contributed by atoms with Crippen molar-refractivity contribution in [1.29, 1.82) is 0 Å². The smallest absolute Gasteiger partial charge is 0.326 e. The molecule has 1 unspecified atom stereocenters. The number of thiophene rings is 1. The summed E-state index contributed by atoms with van der Waals surface area (Å²) in [6.45, 7) is 0. The van der Waals surface area contributed by atoms with Crippen molar-refractivity contribution in [2.75, 3.05) is 0 Å². The van der Waals surface area contributed by atoms with Crippen LogP contribution in [0.25, 0.3) is 0 Å². The highest BCUT2D eigenvalue weighted by Crippen LogP contribution is 2.33. The molecular formula is C10H10N2O5S. The Kier molecular flexibility index (Phi) is 3.28. The molecule has 0 spiro atoms. The van der Waals surface area contributed by atoms with Crippen LogP contribution in [0, 0.1) is 16.0 Å². The Morgan fingerprint density at radius 2 is 2.17 bits per heavy atom. The van der Waals surface area contributed by atoms with Crippen LogP contribution in [0.1, 0.15) is 22.5 Å². The summed E-state index contributed by atoms with van der Waals surface area (Å²) in [5, 5.41) is 21.7. The van der Waals surface area contributed by atoms with Gasteiger partial charge in [-0.3, -0.25) is 14.9 Å². The average Bonchev–Trinajstić information content (AvgIpc) is 3.00. The van der Waals surface area contributed by atoms with Gasteiger partial charge in [0.2, 0.25) is 0 Å². The molecule has 1 amide bonds. The van der Waals surface area contributed by atoms with Crippen molar-refractivity contribution in [2.45, 2.75) is 18.9 Å². The minimum atomic E-state index is -1.07. The zero-order chi connectivity index (χ0) is 13.3. The average molecular weight is 270 g/mol. The molecule has 0 radical (unpaired) electrons. The maximum Gasteiger partial charge on any atom is 0.326 e. The second kappa shape index (κ2) is 4.73. The third-order valence-electron chi connectivity index (χ3n) is 2.64. The predicted molar refractivity (Wildman–Crippen MR) is 62.6 cm³/mol. The Hall–Kier alpha value is -1.96. The summed E-state index contributed by atoms with van der Waals surface area (Å²) in [6, 6.07) is 1.65. The number of carbonyl (C=O) groups excluding carboxylic acids is 1. The molecular weight excluding hydrogens is 260 g/mol. The van der Waals surface area contributed by atoms with Crippen molar-refractivity contribution in [3.63, 3.8) is 0 Å². The quantitative estimate of drug-likeness (QED) is 0.618. The molecule has 2 N–H and O–H groups in total. The molecule has 1 atom stereocenters. The highest BCUT2D eigenvalue weighted by Gasteiger charge is 2.37. The van der Waals surface area contributed by atoms with E-state index in [1.165, 1.54) is 12.1 Å². The molecule has 7 nitrogen and oxygen atoms in total. The number of carboxylic acid groups (broad SMARTS) is 1. The van der Waals surface area contributed by atoms with Crippen molar-refractivity contribution >= 4 is 28.2 Å². The van der Waals surface area contributed by atoms with Gasteiger partial charge in [0.25, 0.3) is 5.91 Å². The number of hydrogen-bond donors (Lipinski definition) is 2. The summed E-state index contributed by atoms with van der Waals surface area (Å²) in [5.74, 6) is -1.68. The van der Waals surface area contributed by atoms with Gasteiger partial charge in [-0.2, -0.15) is 0 Å². The monoisotopic (exact) mass is 270 g/mol. The minimum Gasteiger partial charge on any atom is -0.480 e. The van der Waals surface area contributed by atoms with Gasteiger partial charge in [-0.25, -0.2) is 4.79 Å². The first-order valence-corrected chi connectivity index (χ1v) is 6.08. The number of carbonyl (C=O) groups is 2. The van der Waals surface area contributed by atoms with Crippen LogP contribution in [-0.2, 0) is 4.79 Å². The molecule has 0 bridgehead atoms. The standard InChI is InChI=1S/C10H10N2O5S/c13-9(6-3-4-7(18-6)12(16)17)11-8(10(14)15)5-1-2-5/h3-5,8H,1-2H2,(H,11,13)(H,14,15). The molecule has 96 valence electrons. The molecule has 1 aromatic rings. The number of nitrogens with zero attached hydrogens (tertiary/aromatic N) is 1. The Labute approximate surface area is 106 Å². The molecule has 1 aliphatic rings. The van der Waals surface area contributed by atoms with E-state index in [-0.39, 0.29) is 15.8 Å². The maximum absolute atomic E-state index is 11.7. The van der Waals surface area contributed by atoms with Gasteiger partial charge in [0.05, 0.1) is 9.80 Å². The van der Waals surface area contributed by atoms with Gasteiger partial charge in [-0.15, -0.1) is 0 Å². The first kappa shape index (κ1) is 12.5. The van der Waals surface area contributed by atoms with Crippen molar-refractivity contribution in [3.05, 3.63) is 27.1 Å². The maximum atomic E-state index is 11.7. The van der Waals surface area contributed by atoms with Gasteiger partial charge in [0.1, 0.15) is 6.04 Å². The molecule has 8 heteroatoms. The SMILES string of the molecule is O=C(NC(C(=O)O)C1CC1)c1ccc([N+](=O)[O-])s1. The highest BCUT2D eigenvalue weighted by molar-refractivity contribution is 7.17. The molecule has 1 fully saturated rings. The summed E-state index contributed by atoms with van der Waals surface area (Å²) < 4.78 is 0. The number of amides is 1. The Morgan fingerprint density at radius 1 is 1.50 bits per heavy atom. The van der Waals surface area contributed by atoms with E-state index < -0.39 is 22.8 Å². The molecule has 0 aliphatic heterocycles. The van der Waals surface area contributed by atoms with E-state index >= 15 is 0 Å². The van der Waals surface area contributed by atoms with Crippen LogP contribution in [-0.4, -0.2) is 27.9 Å². The van der Waals surface area contributed by atoms with Crippen molar-refractivity contribution < 1.29 is 19.6 Å². The van der Waals surface area contributed by atoms with Gasteiger partial charge in [-0.05, 0) is 24.8 Å². The zero-order valence-corrected chi connectivity index (χ0v) is 9.98. The fourth-order valence-corrected chi connectivity index (χ4v) is 2.29. The summed E-state index contributed by atoms with van der Waals surface area (Å²) in [7, 11) is 0. The van der Waals surface area contributed by atoms with Crippen molar-refractivity contribution in [3.8, 4) is 0 Å². The first-order valence-electron chi connectivity index (χ1n) is 5.27. The van der Waals surface area contributed by atoms with Crippen LogP contribution in [0.3, 0.4) is 0 Å². The third kappa shape index (κ3) is 2.65. The van der Waals surface area contributed by atoms with Gasteiger partial charge in [-0.1, -0.05) is 11.3 Å². The van der Waals surface area contributed by atoms with Crippen LogP contribution in [0.2, 0.25) is 0 Å². The van der Waals surface area contributed by atoms with E-state index in [9.17, 15) is 19.7 Å². The summed E-state index contributed by atoms with van der Waals surface area (Å²) in [5.41, 5.74) is 0. The summed E-state index contributed by atoms with van der Waals surface area (Å²) in [4.78, 5) is 32.7. The Balaban J connectivity index is 2.05. The lowest BCUT2D eigenvalue weighted by Crippen LogP contribution is -2.42. The largest absolute Gasteiger partial charge is 0.480 e. The number of nitrogens with one attached hydrogen (secondary N) is 1. The molecule has 1 saturated carbocycles. The fourth-order valence-electron chi connectivity index (χ4n) is 1.57. The van der Waals surface area contributed by atoms with E-state index in [0.29, 0.717) is 0 Å². The number of rotatable bonds is 5. The lowest BCUT2D eigenvalue weighted by atomic mass is 10.2. The van der Waals surface area contributed by atoms with Crippen LogP contribution < -0.4 is 5.32 Å². The van der Waals surface area contributed by atoms with Crippen LogP contribution in [0.4, 0.5) is 5.00 Å². The topological polar surface area (TPSA) is 110 Å². The molecule has 0 aromatic carbocycles. The molecule has 2 rings (SSSR count). The van der Waals surface area contributed by atoms with Gasteiger partial charge in [0, 0.05) is 6.07 Å². The minimum absolute atomic E-state index is 0.0265. The molecule has 18 heavy (non-hydrogen) atoms. The second-order valence-corrected chi connectivity index (χ2v) is 5.08. The van der Waals surface area contributed by atoms with Crippen molar-refractivity contribution in [2.24, 2.45) is 5.92 Å². The second-order valence-electron chi connectivity index (χ2n) is 4.02. The molecule has 1 aliphatic carbocycles. The number of carboxylic acids is 1. The van der Waals surface area contributed by atoms with Crippen molar-refractivity contribution in [1.82, 2.24) is 5.32 Å². The van der Waals surface area contributed by atoms with Gasteiger partial charge < -0.3 is 10.4 Å². The fraction of sp³-hybridized carbons (Fsp3) is 0.400. The van der Waals surface area contributed by atoms with E-state index in [1.807, 2.05) is 0 Å². The lowest BCUT2D eigenvalue weighted by Gasteiger charge is -2.12. The number of aliphatic carboxylic acids is 1. The molecule has 1 heterocycles. The molecule has 0 saturated heterocycles. The summed E-state index contributed by atoms with van der Waals surface area (Å²) >= 11 is 0.731. The van der Waals surface area contributed by atoms with Gasteiger partial charge >= 0.3 is 11.0 Å². The Morgan fingerprint density at radius 3 is 2.61 bits per heavy atom. The third-order valence-corrected chi connectivity index (χ3v) is 3.68.